The lowest BCUT2D eigenvalue weighted by Crippen LogP contribution is -2.25. The molecule has 3 heterocycles. The summed E-state index contributed by atoms with van der Waals surface area (Å²) in [5, 5.41) is 16.5. The first-order valence-electron chi connectivity index (χ1n) is 13.4. The fourth-order valence-corrected chi connectivity index (χ4v) is 4.60. The van der Waals surface area contributed by atoms with Crippen LogP contribution in [0.15, 0.2) is 66.9 Å². The summed E-state index contributed by atoms with van der Waals surface area (Å²) in [5.41, 5.74) is 7.92. The molecule has 0 unspecified atom stereocenters. The Labute approximate surface area is 249 Å². The first-order chi connectivity index (χ1) is 21.1. The van der Waals surface area contributed by atoms with E-state index in [2.05, 4.69) is 20.4 Å². The van der Waals surface area contributed by atoms with Crippen molar-refractivity contribution in [3.8, 4) is 40.1 Å². The van der Waals surface area contributed by atoms with Crippen LogP contribution >= 0.6 is 0 Å². The number of rotatable bonds is 9. The standard InChI is InChI=1S/C31H26F3N7O3/c1-18-28(22-14-23(31(32,33)34)29(36)38-17-22)41-27(39-18)10-8-24(40-41)20-7-9-25(26(15-20)43-2)44-12-4-11-37-30(42)21-6-3-5-19(13-21)16-35/h3,5-10,13-15,17H,4,11-12H2,1-2H3,(H2,36,38)(H,37,42). The Bertz CT molecular complexity index is 1900. The largest absolute Gasteiger partial charge is 0.493 e. The predicted octanol–water partition coefficient (Wildman–Crippen LogP) is 5.45. The van der Waals surface area contributed by atoms with Crippen molar-refractivity contribution in [2.75, 3.05) is 26.0 Å². The van der Waals surface area contributed by atoms with Gasteiger partial charge in [-0.3, -0.25) is 4.79 Å². The van der Waals surface area contributed by atoms with Crippen molar-refractivity contribution < 1.29 is 27.4 Å². The number of alkyl halides is 3. The van der Waals surface area contributed by atoms with Crippen LogP contribution in [0.3, 0.4) is 0 Å². The van der Waals surface area contributed by atoms with Crippen molar-refractivity contribution in [2.45, 2.75) is 19.5 Å². The molecule has 10 nitrogen and oxygen atoms in total. The molecular weight excluding hydrogens is 575 g/mol. The van der Waals surface area contributed by atoms with Gasteiger partial charge in [0.25, 0.3) is 5.91 Å². The van der Waals surface area contributed by atoms with Crippen molar-refractivity contribution in [3.05, 3.63) is 89.2 Å². The van der Waals surface area contributed by atoms with Crippen molar-refractivity contribution in [1.29, 1.82) is 5.26 Å². The average Bonchev–Trinajstić information content (AvgIpc) is 3.35. The summed E-state index contributed by atoms with van der Waals surface area (Å²) in [6, 6.07) is 18.1. The number of hydrogen-bond donors (Lipinski definition) is 2. The molecule has 5 rings (SSSR count). The Hall–Kier alpha value is -5.64. The molecule has 44 heavy (non-hydrogen) atoms. The van der Waals surface area contributed by atoms with E-state index in [1.807, 2.05) is 6.07 Å². The van der Waals surface area contributed by atoms with Gasteiger partial charge in [-0.2, -0.15) is 23.5 Å². The molecule has 0 aliphatic carbocycles. The third-order valence-electron chi connectivity index (χ3n) is 6.73. The zero-order chi connectivity index (χ0) is 31.4. The first kappa shape index (κ1) is 29.8. The van der Waals surface area contributed by atoms with Crippen LogP contribution in [0, 0.1) is 18.3 Å². The Morgan fingerprint density at radius 3 is 2.66 bits per heavy atom. The zero-order valence-corrected chi connectivity index (χ0v) is 23.6. The number of fused-ring (bicyclic) bond motifs is 1. The number of halogens is 3. The first-order valence-corrected chi connectivity index (χ1v) is 13.4. The van der Waals surface area contributed by atoms with E-state index in [1.54, 1.807) is 55.5 Å². The van der Waals surface area contributed by atoms with Gasteiger partial charge in [-0.1, -0.05) is 6.07 Å². The van der Waals surface area contributed by atoms with Crippen LogP contribution in [-0.2, 0) is 6.18 Å². The van der Waals surface area contributed by atoms with E-state index in [0.29, 0.717) is 70.5 Å². The van der Waals surface area contributed by atoms with E-state index < -0.39 is 17.6 Å². The number of benzene rings is 2. The highest BCUT2D eigenvalue weighted by Gasteiger charge is 2.34. The van der Waals surface area contributed by atoms with E-state index in [1.165, 1.54) is 23.9 Å². The molecule has 3 N–H and O–H groups in total. The lowest BCUT2D eigenvalue weighted by molar-refractivity contribution is -0.137. The number of carbonyl (C=O) groups is 1. The fourth-order valence-electron chi connectivity index (χ4n) is 4.60. The van der Waals surface area contributed by atoms with Gasteiger partial charge >= 0.3 is 6.18 Å². The van der Waals surface area contributed by atoms with Crippen LogP contribution < -0.4 is 20.5 Å². The van der Waals surface area contributed by atoms with E-state index >= 15 is 0 Å². The number of nitrogens with two attached hydrogens (primary N) is 1. The van der Waals surface area contributed by atoms with Gasteiger partial charge in [0, 0.05) is 29.4 Å². The van der Waals surface area contributed by atoms with Gasteiger partial charge in [0.2, 0.25) is 0 Å². The maximum atomic E-state index is 13.5. The third kappa shape index (κ3) is 6.24. The molecule has 224 valence electrons. The number of pyridine rings is 1. The predicted molar refractivity (Wildman–Crippen MR) is 156 cm³/mol. The molecule has 3 aromatic heterocycles. The number of aryl methyl sites for hydroxylation is 1. The molecule has 0 aliphatic heterocycles. The number of nitriles is 1. The van der Waals surface area contributed by atoms with E-state index in [-0.39, 0.29) is 11.5 Å². The molecule has 0 bridgehead atoms. The zero-order valence-electron chi connectivity index (χ0n) is 23.6. The van der Waals surface area contributed by atoms with Crippen molar-refractivity contribution >= 4 is 17.4 Å². The van der Waals surface area contributed by atoms with Crippen LogP contribution in [-0.4, -0.2) is 45.8 Å². The SMILES string of the molecule is COc1cc(-c2ccc3nc(C)c(-c4cnc(N)c(C(F)(F)F)c4)n3n2)ccc1OCCCNC(=O)c1cccc(C#N)c1. The van der Waals surface area contributed by atoms with Gasteiger partial charge in [0.1, 0.15) is 5.82 Å². The number of imidazole rings is 1. The highest BCUT2D eigenvalue weighted by molar-refractivity contribution is 5.94. The topological polar surface area (TPSA) is 140 Å². The van der Waals surface area contributed by atoms with Crippen LogP contribution in [0.25, 0.3) is 28.2 Å². The number of nitrogen functional groups attached to an aromatic ring is 1. The Kier molecular flexibility index (Phi) is 8.34. The summed E-state index contributed by atoms with van der Waals surface area (Å²) in [6.07, 6.45) is -2.88. The summed E-state index contributed by atoms with van der Waals surface area (Å²) >= 11 is 0. The van der Waals surface area contributed by atoms with Crippen molar-refractivity contribution in [1.82, 2.24) is 24.9 Å². The number of anilines is 1. The molecule has 0 atom stereocenters. The maximum absolute atomic E-state index is 13.5. The highest BCUT2D eigenvalue weighted by atomic mass is 19.4. The molecule has 0 aliphatic rings. The number of nitrogens with one attached hydrogen (secondary N) is 1. The van der Waals surface area contributed by atoms with Crippen molar-refractivity contribution in [3.63, 3.8) is 0 Å². The Balaban J connectivity index is 1.30. The van der Waals surface area contributed by atoms with Crippen LogP contribution in [0.5, 0.6) is 11.5 Å². The minimum absolute atomic E-state index is 0.175. The van der Waals surface area contributed by atoms with E-state index in [4.69, 9.17) is 20.5 Å². The summed E-state index contributed by atoms with van der Waals surface area (Å²) < 4.78 is 53.4. The molecule has 5 aromatic rings. The minimum Gasteiger partial charge on any atom is -0.493 e. The molecule has 0 saturated heterocycles. The van der Waals surface area contributed by atoms with Gasteiger partial charge in [-0.25, -0.2) is 14.5 Å². The Morgan fingerprint density at radius 2 is 1.91 bits per heavy atom. The third-order valence-corrected chi connectivity index (χ3v) is 6.73. The van der Waals surface area contributed by atoms with Gasteiger partial charge < -0.3 is 20.5 Å². The van der Waals surface area contributed by atoms with Crippen molar-refractivity contribution in [2.24, 2.45) is 0 Å². The summed E-state index contributed by atoms with van der Waals surface area (Å²) in [5.74, 6) is 0.0412. The number of aromatic nitrogens is 4. The van der Waals surface area contributed by atoms with Crippen LogP contribution in [0.2, 0.25) is 0 Å². The number of ether oxygens (including phenoxy) is 2. The monoisotopic (exact) mass is 601 g/mol. The maximum Gasteiger partial charge on any atom is 0.419 e. The second-order valence-corrected chi connectivity index (χ2v) is 9.71. The van der Waals surface area contributed by atoms with Gasteiger partial charge in [-0.05, 0) is 67.9 Å². The highest BCUT2D eigenvalue weighted by Crippen LogP contribution is 2.36. The number of nitrogens with zero attached hydrogens (tertiary/aromatic N) is 5. The lowest BCUT2D eigenvalue weighted by Gasteiger charge is -2.13. The van der Waals surface area contributed by atoms with Crippen LogP contribution in [0.4, 0.5) is 19.0 Å². The number of methoxy groups -OCH3 is 1. The van der Waals surface area contributed by atoms with Crippen LogP contribution in [0.1, 0.15) is 33.6 Å². The van der Waals surface area contributed by atoms with Gasteiger partial charge in [0.05, 0.1) is 48.0 Å². The number of hydrogen-bond acceptors (Lipinski definition) is 8. The Morgan fingerprint density at radius 1 is 1.09 bits per heavy atom. The second-order valence-electron chi connectivity index (χ2n) is 9.71. The second kappa shape index (κ2) is 12.3. The summed E-state index contributed by atoms with van der Waals surface area (Å²) in [4.78, 5) is 20.5. The van der Waals surface area contributed by atoms with E-state index in [9.17, 15) is 18.0 Å². The quantitative estimate of drug-likeness (QED) is 0.213. The van der Waals surface area contributed by atoms with Gasteiger partial charge in [-0.15, -0.1) is 0 Å². The molecule has 0 saturated carbocycles. The van der Waals surface area contributed by atoms with E-state index in [0.717, 1.165) is 6.07 Å². The number of carbonyl (C=O) groups excluding carboxylic acids is 1. The summed E-state index contributed by atoms with van der Waals surface area (Å²) in [7, 11) is 1.50. The molecule has 13 heteroatoms. The normalized spacial score (nSPS) is 11.3. The lowest BCUT2D eigenvalue weighted by atomic mass is 10.1. The molecule has 0 fully saturated rings. The number of amides is 1. The minimum atomic E-state index is -4.67. The molecular formula is C31H26F3N7O3. The molecule has 2 aromatic carbocycles. The fraction of sp³-hybridized carbons (Fsp3) is 0.194. The molecule has 1 amide bonds. The average molecular weight is 602 g/mol. The van der Waals surface area contributed by atoms with Gasteiger partial charge in [0.15, 0.2) is 17.1 Å². The molecule has 0 spiro atoms. The summed E-state index contributed by atoms with van der Waals surface area (Å²) in [6.45, 7) is 2.34. The smallest absolute Gasteiger partial charge is 0.419 e. The molecule has 0 radical (unpaired) electrons.